The summed E-state index contributed by atoms with van der Waals surface area (Å²) in [6, 6.07) is 16.0. The van der Waals surface area contributed by atoms with Gasteiger partial charge in [0.05, 0.1) is 12.2 Å². The van der Waals surface area contributed by atoms with Crippen molar-refractivity contribution in [3.63, 3.8) is 0 Å². The fourth-order valence-electron chi connectivity index (χ4n) is 1.98. The van der Waals surface area contributed by atoms with Crippen LogP contribution in [0.3, 0.4) is 0 Å². The molecule has 0 aliphatic carbocycles. The van der Waals surface area contributed by atoms with Crippen molar-refractivity contribution in [1.29, 1.82) is 0 Å². The van der Waals surface area contributed by atoms with Crippen molar-refractivity contribution in [3.8, 4) is 0 Å². The summed E-state index contributed by atoms with van der Waals surface area (Å²) in [5.41, 5.74) is 2.19. The molecule has 2 N–H and O–H groups in total. The van der Waals surface area contributed by atoms with E-state index in [1.165, 1.54) is 5.56 Å². The SMILES string of the molecule is O=C(CCNCCc1ccccc1)NCc1ccccn1. The highest BCUT2D eigenvalue weighted by Crippen LogP contribution is 1.98. The molecule has 1 aromatic heterocycles. The lowest BCUT2D eigenvalue weighted by Crippen LogP contribution is -2.28. The molecule has 0 spiro atoms. The molecule has 1 amide bonds. The molecule has 0 unspecified atom stereocenters. The van der Waals surface area contributed by atoms with Crippen LogP contribution in [0, 0.1) is 0 Å². The van der Waals surface area contributed by atoms with Crippen molar-refractivity contribution in [2.24, 2.45) is 0 Å². The summed E-state index contributed by atoms with van der Waals surface area (Å²) in [5, 5.41) is 6.15. The molecule has 0 aliphatic heterocycles. The molecule has 0 saturated heterocycles. The third-order valence-electron chi connectivity index (χ3n) is 3.15. The Hall–Kier alpha value is -2.20. The van der Waals surface area contributed by atoms with Gasteiger partial charge in [-0.05, 0) is 30.7 Å². The molecule has 1 aromatic carbocycles. The van der Waals surface area contributed by atoms with Crippen LogP contribution >= 0.6 is 0 Å². The summed E-state index contributed by atoms with van der Waals surface area (Å²) in [7, 11) is 0. The number of aromatic nitrogens is 1. The first kappa shape index (κ1) is 15.2. The maximum Gasteiger partial charge on any atom is 0.221 e. The molecule has 0 aliphatic rings. The van der Waals surface area contributed by atoms with Crippen molar-refractivity contribution in [2.45, 2.75) is 19.4 Å². The molecule has 4 nitrogen and oxygen atoms in total. The zero-order chi connectivity index (χ0) is 14.8. The van der Waals surface area contributed by atoms with Crippen LogP contribution in [0.25, 0.3) is 0 Å². The average molecular weight is 283 g/mol. The molecule has 1 heterocycles. The zero-order valence-electron chi connectivity index (χ0n) is 12.1. The lowest BCUT2D eigenvalue weighted by atomic mass is 10.1. The number of pyridine rings is 1. The largest absolute Gasteiger partial charge is 0.350 e. The van der Waals surface area contributed by atoms with E-state index in [9.17, 15) is 4.79 Å². The summed E-state index contributed by atoms with van der Waals surface area (Å²) in [6.45, 7) is 2.07. The van der Waals surface area contributed by atoms with Gasteiger partial charge in [-0.2, -0.15) is 0 Å². The number of carbonyl (C=O) groups excluding carboxylic acids is 1. The molecular weight excluding hydrogens is 262 g/mol. The Morgan fingerprint density at radius 2 is 1.81 bits per heavy atom. The van der Waals surface area contributed by atoms with Crippen molar-refractivity contribution in [2.75, 3.05) is 13.1 Å². The molecule has 0 saturated carbocycles. The minimum Gasteiger partial charge on any atom is -0.350 e. The van der Waals surface area contributed by atoms with Gasteiger partial charge in [0.25, 0.3) is 0 Å². The summed E-state index contributed by atoms with van der Waals surface area (Å²) >= 11 is 0. The predicted octanol–water partition coefficient (Wildman–Crippen LogP) is 1.92. The van der Waals surface area contributed by atoms with Crippen LogP contribution in [0.5, 0.6) is 0 Å². The van der Waals surface area contributed by atoms with E-state index < -0.39 is 0 Å². The van der Waals surface area contributed by atoms with Gasteiger partial charge in [0.2, 0.25) is 5.91 Å². The Balaban J connectivity index is 1.53. The Morgan fingerprint density at radius 3 is 2.57 bits per heavy atom. The maximum absolute atomic E-state index is 11.7. The van der Waals surface area contributed by atoms with Crippen LogP contribution in [0.4, 0.5) is 0 Å². The highest BCUT2D eigenvalue weighted by atomic mass is 16.1. The van der Waals surface area contributed by atoms with Crippen LogP contribution in [-0.4, -0.2) is 24.0 Å². The average Bonchev–Trinajstić information content (AvgIpc) is 2.54. The molecule has 21 heavy (non-hydrogen) atoms. The lowest BCUT2D eigenvalue weighted by molar-refractivity contribution is -0.121. The van der Waals surface area contributed by atoms with Gasteiger partial charge in [-0.1, -0.05) is 36.4 Å². The highest BCUT2D eigenvalue weighted by Gasteiger charge is 2.01. The molecule has 0 fully saturated rings. The van der Waals surface area contributed by atoms with Crippen LogP contribution in [0.1, 0.15) is 17.7 Å². The van der Waals surface area contributed by atoms with Crippen LogP contribution in [-0.2, 0) is 17.8 Å². The molecule has 2 rings (SSSR count). The third-order valence-corrected chi connectivity index (χ3v) is 3.15. The first-order valence-electron chi connectivity index (χ1n) is 7.26. The Bertz CT molecular complexity index is 528. The number of nitrogens with one attached hydrogen (secondary N) is 2. The van der Waals surface area contributed by atoms with Gasteiger partial charge in [-0.25, -0.2) is 0 Å². The van der Waals surface area contributed by atoms with E-state index in [4.69, 9.17) is 0 Å². The van der Waals surface area contributed by atoms with E-state index in [0.29, 0.717) is 19.5 Å². The number of hydrogen-bond acceptors (Lipinski definition) is 3. The summed E-state index contributed by atoms with van der Waals surface area (Å²) in [5.74, 6) is 0.0489. The Morgan fingerprint density at radius 1 is 1.00 bits per heavy atom. The minimum atomic E-state index is 0.0489. The topological polar surface area (TPSA) is 54.0 Å². The molecule has 0 atom stereocenters. The zero-order valence-corrected chi connectivity index (χ0v) is 12.1. The molecule has 4 heteroatoms. The van der Waals surface area contributed by atoms with E-state index in [1.807, 2.05) is 36.4 Å². The third kappa shape index (κ3) is 6.19. The van der Waals surface area contributed by atoms with Crippen molar-refractivity contribution in [1.82, 2.24) is 15.6 Å². The van der Waals surface area contributed by atoms with Gasteiger partial charge in [0.1, 0.15) is 0 Å². The van der Waals surface area contributed by atoms with Gasteiger partial charge in [-0.15, -0.1) is 0 Å². The molecule has 0 radical (unpaired) electrons. The van der Waals surface area contributed by atoms with Gasteiger partial charge >= 0.3 is 0 Å². The number of carbonyl (C=O) groups is 1. The summed E-state index contributed by atoms with van der Waals surface area (Å²) in [6.07, 6.45) is 3.20. The van der Waals surface area contributed by atoms with Gasteiger partial charge < -0.3 is 10.6 Å². The number of amides is 1. The van der Waals surface area contributed by atoms with Crippen molar-refractivity contribution in [3.05, 3.63) is 66.0 Å². The van der Waals surface area contributed by atoms with Gasteiger partial charge in [0.15, 0.2) is 0 Å². The van der Waals surface area contributed by atoms with Gasteiger partial charge in [0, 0.05) is 19.2 Å². The second-order valence-corrected chi connectivity index (χ2v) is 4.83. The first-order valence-corrected chi connectivity index (χ1v) is 7.26. The van der Waals surface area contributed by atoms with Crippen LogP contribution < -0.4 is 10.6 Å². The standard InChI is InChI=1S/C17H21N3O/c21-17(20-14-16-8-4-5-11-19-16)10-13-18-12-9-15-6-2-1-3-7-15/h1-8,11,18H,9-10,12-14H2,(H,20,21). The van der Waals surface area contributed by atoms with E-state index in [-0.39, 0.29) is 5.91 Å². The maximum atomic E-state index is 11.7. The minimum absolute atomic E-state index is 0.0489. The summed E-state index contributed by atoms with van der Waals surface area (Å²) < 4.78 is 0. The van der Waals surface area contributed by atoms with E-state index in [0.717, 1.165) is 18.7 Å². The quantitative estimate of drug-likeness (QED) is 0.728. The summed E-state index contributed by atoms with van der Waals surface area (Å²) in [4.78, 5) is 15.8. The van der Waals surface area contributed by atoms with E-state index in [2.05, 4.69) is 27.8 Å². The van der Waals surface area contributed by atoms with Crippen LogP contribution in [0.15, 0.2) is 54.7 Å². The first-order chi connectivity index (χ1) is 10.3. The normalized spacial score (nSPS) is 10.3. The Labute approximate surface area is 125 Å². The highest BCUT2D eigenvalue weighted by molar-refractivity contribution is 5.75. The van der Waals surface area contributed by atoms with E-state index in [1.54, 1.807) is 6.20 Å². The monoisotopic (exact) mass is 283 g/mol. The molecule has 110 valence electrons. The molecular formula is C17H21N3O. The van der Waals surface area contributed by atoms with E-state index >= 15 is 0 Å². The second kappa shape index (κ2) is 8.87. The van der Waals surface area contributed by atoms with Gasteiger partial charge in [-0.3, -0.25) is 9.78 Å². The number of hydrogen-bond donors (Lipinski definition) is 2. The number of nitrogens with zero attached hydrogens (tertiary/aromatic N) is 1. The second-order valence-electron chi connectivity index (χ2n) is 4.83. The molecule has 2 aromatic rings. The Kier molecular flexibility index (Phi) is 6.42. The number of rotatable bonds is 8. The molecule has 0 bridgehead atoms. The fourth-order valence-corrected chi connectivity index (χ4v) is 1.98. The van der Waals surface area contributed by atoms with Crippen LogP contribution in [0.2, 0.25) is 0 Å². The van der Waals surface area contributed by atoms with Crippen molar-refractivity contribution < 1.29 is 4.79 Å². The van der Waals surface area contributed by atoms with Crippen molar-refractivity contribution >= 4 is 5.91 Å². The smallest absolute Gasteiger partial charge is 0.221 e. The lowest BCUT2D eigenvalue weighted by Gasteiger charge is -2.06. The predicted molar refractivity (Wildman–Crippen MR) is 83.7 cm³/mol. The fraction of sp³-hybridized carbons (Fsp3) is 0.294. The number of benzene rings is 1.